The highest BCUT2D eigenvalue weighted by atomic mass is 35.5. The number of fused-ring (bicyclic) bond motifs is 1. The Labute approximate surface area is 107 Å². The first-order valence-corrected chi connectivity index (χ1v) is 4.87. The molecule has 8 heteroatoms. The fourth-order valence-electron chi connectivity index (χ4n) is 1.53. The van der Waals surface area contributed by atoms with Crippen LogP contribution in [-0.2, 0) is 4.79 Å². The number of carbonyl (C=O) groups is 1. The molecule has 0 saturated heterocycles. The Morgan fingerprint density at radius 3 is 2.56 bits per heavy atom. The van der Waals surface area contributed by atoms with E-state index in [1.807, 2.05) is 0 Å². The number of hydrogen-bond acceptors (Lipinski definition) is 4. The fourth-order valence-corrected chi connectivity index (χ4v) is 1.53. The normalized spacial score (nSPS) is 9.83. The number of hydrogen-bond donors (Lipinski definition) is 4. The first-order valence-electron chi connectivity index (χ1n) is 4.87. The monoisotopic (exact) mass is 270 g/mol. The van der Waals surface area contributed by atoms with Crippen LogP contribution in [0.3, 0.4) is 0 Å². The lowest BCUT2D eigenvalue weighted by Crippen LogP contribution is -2.24. The van der Waals surface area contributed by atoms with Crippen LogP contribution in [0.2, 0.25) is 0 Å². The molecule has 0 saturated carbocycles. The van der Waals surface area contributed by atoms with Gasteiger partial charge in [0.25, 0.3) is 11.1 Å². The van der Waals surface area contributed by atoms with Gasteiger partial charge in [-0.05, 0) is 12.1 Å². The third-order valence-corrected chi connectivity index (χ3v) is 2.29. The Morgan fingerprint density at radius 2 is 1.89 bits per heavy atom. The topological polar surface area (TPSA) is 121 Å². The van der Waals surface area contributed by atoms with Gasteiger partial charge in [-0.2, -0.15) is 0 Å². The van der Waals surface area contributed by atoms with Gasteiger partial charge in [0.1, 0.15) is 0 Å². The van der Waals surface area contributed by atoms with Crippen LogP contribution < -0.4 is 22.2 Å². The minimum atomic E-state index is -0.479. The largest absolute Gasteiger partial charge is 0.324 e. The van der Waals surface area contributed by atoms with Gasteiger partial charge in [0, 0.05) is 0 Å². The van der Waals surface area contributed by atoms with Gasteiger partial charge in [-0.3, -0.25) is 24.6 Å². The van der Waals surface area contributed by atoms with E-state index >= 15 is 0 Å². The van der Waals surface area contributed by atoms with E-state index in [0.29, 0.717) is 0 Å². The number of H-pyrrole nitrogens is 2. The molecule has 0 bridgehead atoms. The summed E-state index contributed by atoms with van der Waals surface area (Å²) in [6, 6.07) is 4.61. The number of rotatable bonds is 2. The number of benzene rings is 1. The van der Waals surface area contributed by atoms with E-state index < -0.39 is 17.0 Å². The highest BCUT2D eigenvalue weighted by Crippen LogP contribution is 2.16. The van der Waals surface area contributed by atoms with Crippen LogP contribution in [0.4, 0.5) is 5.69 Å². The van der Waals surface area contributed by atoms with E-state index in [2.05, 4.69) is 15.5 Å². The molecule has 0 aliphatic heterocycles. The molecule has 96 valence electrons. The molecular formula is C10H11ClN4O3. The molecule has 0 spiro atoms. The maximum absolute atomic E-state index is 11.6. The fraction of sp³-hybridized carbons (Fsp3) is 0.100. The summed E-state index contributed by atoms with van der Waals surface area (Å²) in [6.45, 7) is -0.197. The third kappa shape index (κ3) is 2.41. The van der Waals surface area contributed by atoms with Gasteiger partial charge in [-0.1, -0.05) is 6.07 Å². The molecule has 1 amide bonds. The zero-order chi connectivity index (χ0) is 12.4. The van der Waals surface area contributed by atoms with E-state index in [9.17, 15) is 14.4 Å². The van der Waals surface area contributed by atoms with Crippen molar-refractivity contribution < 1.29 is 4.79 Å². The number of halogens is 1. The molecule has 2 rings (SSSR count). The van der Waals surface area contributed by atoms with Crippen molar-refractivity contribution in [2.24, 2.45) is 5.73 Å². The summed E-state index contributed by atoms with van der Waals surface area (Å²) in [5.74, 6) is -0.433. The number of amides is 1. The molecule has 0 unspecified atom stereocenters. The lowest BCUT2D eigenvalue weighted by Gasteiger charge is -2.05. The zero-order valence-electron chi connectivity index (χ0n) is 9.15. The predicted molar refractivity (Wildman–Crippen MR) is 70.1 cm³/mol. The summed E-state index contributed by atoms with van der Waals surface area (Å²) in [5, 5.41) is 7.22. The summed E-state index contributed by atoms with van der Waals surface area (Å²) >= 11 is 0. The third-order valence-electron chi connectivity index (χ3n) is 2.29. The van der Waals surface area contributed by atoms with Gasteiger partial charge in [0.05, 0.1) is 23.0 Å². The van der Waals surface area contributed by atoms with Gasteiger partial charge < -0.3 is 11.1 Å². The Kier molecular flexibility index (Phi) is 4.24. The molecule has 1 aromatic carbocycles. The highest BCUT2D eigenvalue weighted by molar-refractivity contribution is 6.01. The van der Waals surface area contributed by atoms with E-state index in [-0.39, 0.29) is 35.4 Å². The second-order valence-electron chi connectivity index (χ2n) is 3.39. The smallest absolute Gasteiger partial charge is 0.272 e. The van der Waals surface area contributed by atoms with E-state index in [4.69, 9.17) is 5.73 Å². The molecule has 0 radical (unpaired) electrons. The van der Waals surface area contributed by atoms with Gasteiger partial charge in [-0.25, -0.2) is 0 Å². The quantitative estimate of drug-likeness (QED) is 0.590. The van der Waals surface area contributed by atoms with Crippen LogP contribution in [-0.4, -0.2) is 22.6 Å². The van der Waals surface area contributed by atoms with Crippen molar-refractivity contribution in [3.05, 3.63) is 38.9 Å². The highest BCUT2D eigenvalue weighted by Gasteiger charge is 2.09. The molecule has 5 N–H and O–H groups in total. The first-order chi connectivity index (χ1) is 8.13. The molecule has 0 aliphatic rings. The van der Waals surface area contributed by atoms with Gasteiger partial charge in [0.2, 0.25) is 5.91 Å². The second kappa shape index (κ2) is 5.48. The summed E-state index contributed by atoms with van der Waals surface area (Å²) in [7, 11) is 0. The molecule has 0 aliphatic carbocycles. The first kappa shape index (κ1) is 13.9. The molecule has 0 atom stereocenters. The van der Waals surface area contributed by atoms with Gasteiger partial charge in [-0.15, -0.1) is 12.4 Å². The van der Waals surface area contributed by atoms with Crippen molar-refractivity contribution in [2.75, 3.05) is 11.9 Å². The molecule has 1 heterocycles. The number of carbonyl (C=O) groups excluding carboxylic acids is 1. The molecular weight excluding hydrogens is 260 g/mol. The number of anilines is 1. The van der Waals surface area contributed by atoms with Crippen LogP contribution in [0.15, 0.2) is 27.8 Å². The van der Waals surface area contributed by atoms with Crippen molar-refractivity contribution in [3.63, 3.8) is 0 Å². The van der Waals surface area contributed by atoms with Gasteiger partial charge >= 0.3 is 0 Å². The van der Waals surface area contributed by atoms with Crippen LogP contribution in [0.25, 0.3) is 10.8 Å². The Morgan fingerprint density at radius 1 is 1.22 bits per heavy atom. The molecule has 0 fully saturated rings. The summed E-state index contributed by atoms with van der Waals surface area (Å²) < 4.78 is 0. The van der Waals surface area contributed by atoms with Crippen LogP contribution in [0.1, 0.15) is 0 Å². The number of aromatic nitrogens is 2. The standard InChI is InChI=1S/C10H10N4O3.ClH/c11-4-7(15)12-6-3-1-2-5-8(6)10(17)14-13-9(5)16;/h1-3H,4,11H2,(H,12,15)(H,13,16)(H,14,17);1H. The average molecular weight is 271 g/mol. The van der Waals surface area contributed by atoms with Crippen molar-refractivity contribution in [1.82, 2.24) is 10.2 Å². The maximum atomic E-state index is 11.6. The minimum absolute atomic E-state index is 0. The van der Waals surface area contributed by atoms with Crippen LogP contribution in [0, 0.1) is 0 Å². The maximum Gasteiger partial charge on any atom is 0.272 e. The van der Waals surface area contributed by atoms with E-state index in [1.54, 1.807) is 6.07 Å². The zero-order valence-corrected chi connectivity index (χ0v) is 9.97. The second-order valence-corrected chi connectivity index (χ2v) is 3.39. The van der Waals surface area contributed by atoms with Crippen LogP contribution >= 0.6 is 12.4 Å². The summed E-state index contributed by atoms with van der Waals surface area (Å²) in [5.41, 5.74) is 4.53. The lowest BCUT2D eigenvalue weighted by molar-refractivity contribution is -0.114. The molecule has 7 nitrogen and oxygen atoms in total. The van der Waals surface area contributed by atoms with E-state index in [0.717, 1.165) is 0 Å². The number of nitrogens with two attached hydrogens (primary N) is 1. The minimum Gasteiger partial charge on any atom is -0.324 e. The van der Waals surface area contributed by atoms with Crippen molar-refractivity contribution in [2.45, 2.75) is 0 Å². The Balaban J connectivity index is 0.00000162. The Hall–Kier alpha value is -2.12. The van der Waals surface area contributed by atoms with E-state index in [1.165, 1.54) is 12.1 Å². The van der Waals surface area contributed by atoms with Crippen molar-refractivity contribution >= 4 is 34.8 Å². The summed E-state index contributed by atoms with van der Waals surface area (Å²) in [4.78, 5) is 34.3. The average Bonchev–Trinajstić information content (AvgIpc) is 2.34. The molecule has 2 aromatic rings. The SMILES string of the molecule is Cl.NCC(=O)Nc1cccc2c(=O)[nH][nH]c(=O)c12. The number of aromatic amines is 2. The summed E-state index contributed by atoms with van der Waals surface area (Å²) in [6.07, 6.45) is 0. The molecule has 1 aromatic heterocycles. The van der Waals surface area contributed by atoms with Crippen molar-refractivity contribution in [3.8, 4) is 0 Å². The van der Waals surface area contributed by atoms with Crippen LogP contribution in [0.5, 0.6) is 0 Å². The Bertz CT molecular complexity index is 691. The predicted octanol–water partition coefficient (Wildman–Crippen LogP) is -0.465. The number of nitrogens with one attached hydrogen (secondary N) is 3. The van der Waals surface area contributed by atoms with Gasteiger partial charge in [0.15, 0.2) is 0 Å². The van der Waals surface area contributed by atoms with Crippen molar-refractivity contribution in [1.29, 1.82) is 0 Å². The lowest BCUT2D eigenvalue weighted by atomic mass is 10.1. The molecule has 18 heavy (non-hydrogen) atoms.